The maximum Gasteiger partial charge on any atom is 0.122 e. The minimum absolute atomic E-state index is 0.347. The van der Waals surface area contributed by atoms with Gasteiger partial charge in [-0.25, -0.2) is 0 Å². The summed E-state index contributed by atoms with van der Waals surface area (Å²) in [6.07, 6.45) is 5.54. The van der Waals surface area contributed by atoms with Gasteiger partial charge < -0.3 is 10.6 Å². The Morgan fingerprint density at radius 2 is 2.19 bits per heavy atom. The molecule has 1 rings (SSSR count). The van der Waals surface area contributed by atoms with Crippen LogP contribution in [0.3, 0.4) is 0 Å². The third kappa shape index (κ3) is 3.77. The van der Waals surface area contributed by atoms with Crippen LogP contribution in [-0.2, 0) is 0 Å². The molecule has 1 aromatic rings. The summed E-state index contributed by atoms with van der Waals surface area (Å²) in [7, 11) is 2.08. The van der Waals surface area contributed by atoms with Crippen LogP contribution in [0.5, 0.6) is 0 Å². The minimum atomic E-state index is 0.347. The molecule has 4 heteroatoms. The van der Waals surface area contributed by atoms with Crippen LogP contribution in [0.15, 0.2) is 18.3 Å². The Kier molecular flexibility index (Phi) is 5.19. The minimum Gasteiger partial charge on any atom is -0.388 e. The van der Waals surface area contributed by atoms with Crippen molar-refractivity contribution in [1.29, 1.82) is 0 Å². The summed E-state index contributed by atoms with van der Waals surface area (Å²) in [6.45, 7) is 3.26. The first kappa shape index (κ1) is 12.9. The van der Waals surface area contributed by atoms with Crippen LogP contribution >= 0.6 is 12.2 Å². The smallest absolute Gasteiger partial charge is 0.122 e. The second-order valence-electron chi connectivity index (χ2n) is 3.89. The topological polar surface area (TPSA) is 42.1 Å². The highest BCUT2D eigenvalue weighted by Crippen LogP contribution is 2.12. The van der Waals surface area contributed by atoms with Gasteiger partial charge in [0.15, 0.2) is 0 Å². The lowest BCUT2D eigenvalue weighted by atomic mass is 10.2. The molecule has 88 valence electrons. The fourth-order valence-corrected chi connectivity index (χ4v) is 1.61. The zero-order valence-corrected chi connectivity index (χ0v) is 10.8. The second-order valence-corrected chi connectivity index (χ2v) is 4.33. The molecule has 1 heterocycles. The van der Waals surface area contributed by atoms with E-state index in [0.29, 0.717) is 10.7 Å². The molecule has 0 unspecified atom stereocenters. The molecule has 0 fully saturated rings. The number of pyridine rings is 1. The van der Waals surface area contributed by atoms with Crippen molar-refractivity contribution in [3.05, 3.63) is 24.0 Å². The number of hydrogen-bond donors (Lipinski definition) is 1. The number of unbranched alkanes of at least 4 members (excludes halogenated alkanes) is 2. The van der Waals surface area contributed by atoms with Crippen LogP contribution in [0.4, 0.5) is 5.69 Å². The molecule has 0 atom stereocenters. The van der Waals surface area contributed by atoms with Gasteiger partial charge in [-0.15, -0.1) is 0 Å². The molecule has 0 aliphatic carbocycles. The highest BCUT2D eigenvalue weighted by molar-refractivity contribution is 7.80. The number of rotatable bonds is 6. The number of nitrogens with two attached hydrogens (primary N) is 1. The van der Waals surface area contributed by atoms with Gasteiger partial charge in [0, 0.05) is 13.6 Å². The van der Waals surface area contributed by atoms with Crippen molar-refractivity contribution in [2.45, 2.75) is 26.2 Å². The Morgan fingerprint density at radius 1 is 1.44 bits per heavy atom. The quantitative estimate of drug-likeness (QED) is 0.609. The summed E-state index contributed by atoms with van der Waals surface area (Å²) < 4.78 is 0. The Morgan fingerprint density at radius 3 is 2.69 bits per heavy atom. The lowest BCUT2D eigenvalue weighted by Crippen LogP contribution is -2.19. The first-order valence-electron chi connectivity index (χ1n) is 5.62. The van der Waals surface area contributed by atoms with Crippen LogP contribution in [0.25, 0.3) is 0 Å². The zero-order valence-electron chi connectivity index (χ0n) is 9.94. The Bertz CT molecular complexity index is 335. The third-order valence-electron chi connectivity index (χ3n) is 2.54. The highest BCUT2D eigenvalue weighted by atomic mass is 32.1. The van der Waals surface area contributed by atoms with Gasteiger partial charge in [-0.2, -0.15) is 0 Å². The van der Waals surface area contributed by atoms with E-state index in [1.165, 1.54) is 19.3 Å². The molecule has 0 aliphatic rings. The van der Waals surface area contributed by atoms with Crippen LogP contribution in [0.1, 0.15) is 31.9 Å². The SMILES string of the molecule is CCCCCN(C)c1ccc(C(N)=S)nc1. The molecule has 0 aliphatic heterocycles. The molecule has 0 bridgehead atoms. The molecule has 1 aromatic heterocycles. The fourth-order valence-electron chi connectivity index (χ4n) is 1.49. The highest BCUT2D eigenvalue weighted by Gasteiger charge is 2.02. The number of aromatic nitrogens is 1. The van der Waals surface area contributed by atoms with Crippen LogP contribution in [-0.4, -0.2) is 23.6 Å². The van der Waals surface area contributed by atoms with E-state index in [4.69, 9.17) is 18.0 Å². The average molecular weight is 237 g/mol. The van der Waals surface area contributed by atoms with Gasteiger partial charge in [0.25, 0.3) is 0 Å². The number of nitrogens with zero attached hydrogens (tertiary/aromatic N) is 2. The molecular weight excluding hydrogens is 218 g/mol. The molecular formula is C12H19N3S. The first-order valence-corrected chi connectivity index (χ1v) is 6.03. The molecule has 3 nitrogen and oxygen atoms in total. The van der Waals surface area contributed by atoms with Crippen molar-refractivity contribution in [3.63, 3.8) is 0 Å². The van der Waals surface area contributed by atoms with Crippen molar-refractivity contribution in [3.8, 4) is 0 Å². The lowest BCUT2D eigenvalue weighted by Gasteiger charge is -2.18. The molecule has 0 amide bonds. The Balaban J connectivity index is 2.56. The van der Waals surface area contributed by atoms with Crippen LogP contribution < -0.4 is 10.6 Å². The van der Waals surface area contributed by atoms with Crippen LogP contribution in [0.2, 0.25) is 0 Å². The van der Waals surface area contributed by atoms with Crippen molar-refractivity contribution in [1.82, 2.24) is 4.98 Å². The molecule has 0 aromatic carbocycles. The van der Waals surface area contributed by atoms with Gasteiger partial charge in [-0.1, -0.05) is 32.0 Å². The number of anilines is 1. The molecule has 0 saturated heterocycles. The number of hydrogen-bond acceptors (Lipinski definition) is 3. The van der Waals surface area contributed by atoms with E-state index in [1.54, 1.807) is 0 Å². The summed E-state index contributed by atoms with van der Waals surface area (Å²) in [5.74, 6) is 0. The summed E-state index contributed by atoms with van der Waals surface area (Å²) in [5, 5.41) is 0. The van der Waals surface area contributed by atoms with Crippen molar-refractivity contribution >= 4 is 22.9 Å². The van der Waals surface area contributed by atoms with Gasteiger partial charge in [0.05, 0.1) is 17.6 Å². The molecule has 0 radical (unpaired) electrons. The summed E-state index contributed by atoms with van der Waals surface area (Å²) in [4.78, 5) is 6.77. The standard InChI is InChI=1S/C12H19N3S/c1-3-4-5-8-15(2)10-6-7-11(12(13)16)14-9-10/h6-7,9H,3-5,8H2,1-2H3,(H2,13,16). The summed E-state index contributed by atoms with van der Waals surface area (Å²) in [5.41, 5.74) is 7.28. The zero-order chi connectivity index (χ0) is 12.0. The lowest BCUT2D eigenvalue weighted by molar-refractivity contribution is 0.704. The summed E-state index contributed by atoms with van der Waals surface area (Å²) in [6, 6.07) is 3.88. The first-order chi connectivity index (χ1) is 7.65. The van der Waals surface area contributed by atoms with E-state index in [2.05, 4.69) is 23.9 Å². The molecule has 16 heavy (non-hydrogen) atoms. The van der Waals surface area contributed by atoms with E-state index in [1.807, 2.05) is 18.3 Å². The van der Waals surface area contributed by atoms with Crippen LogP contribution in [0, 0.1) is 0 Å². The van der Waals surface area contributed by atoms with E-state index in [9.17, 15) is 0 Å². The van der Waals surface area contributed by atoms with Gasteiger partial charge >= 0.3 is 0 Å². The molecule has 0 saturated carbocycles. The van der Waals surface area contributed by atoms with Gasteiger partial charge in [-0.3, -0.25) is 4.98 Å². The van der Waals surface area contributed by atoms with Crippen molar-refractivity contribution < 1.29 is 0 Å². The van der Waals surface area contributed by atoms with Gasteiger partial charge in [0.1, 0.15) is 4.99 Å². The normalized spacial score (nSPS) is 10.1. The van der Waals surface area contributed by atoms with Crippen molar-refractivity contribution in [2.75, 3.05) is 18.5 Å². The van der Waals surface area contributed by atoms with E-state index < -0.39 is 0 Å². The third-order valence-corrected chi connectivity index (χ3v) is 2.75. The predicted octanol–water partition coefficient (Wildman–Crippen LogP) is 2.34. The summed E-state index contributed by atoms with van der Waals surface area (Å²) >= 11 is 4.86. The molecule has 0 spiro atoms. The second kappa shape index (κ2) is 6.43. The Hall–Kier alpha value is -1.16. The van der Waals surface area contributed by atoms with Gasteiger partial charge in [0.2, 0.25) is 0 Å². The van der Waals surface area contributed by atoms with E-state index in [0.717, 1.165) is 12.2 Å². The van der Waals surface area contributed by atoms with Gasteiger partial charge in [-0.05, 0) is 18.6 Å². The van der Waals surface area contributed by atoms with E-state index in [-0.39, 0.29) is 0 Å². The fraction of sp³-hybridized carbons (Fsp3) is 0.500. The largest absolute Gasteiger partial charge is 0.388 e. The van der Waals surface area contributed by atoms with E-state index >= 15 is 0 Å². The maximum atomic E-state index is 5.49. The number of thiocarbonyl (C=S) groups is 1. The van der Waals surface area contributed by atoms with Crippen molar-refractivity contribution in [2.24, 2.45) is 5.73 Å². The molecule has 2 N–H and O–H groups in total. The maximum absolute atomic E-state index is 5.49. The monoisotopic (exact) mass is 237 g/mol. The predicted molar refractivity (Wildman–Crippen MR) is 72.9 cm³/mol. The Labute approximate surface area is 103 Å². The average Bonchev–Trinajstić information content (AvgIpc) is 2.29.